The van der Waals surface area contributed by atoms with Gasteiger partial charge in [0.15, 0.2) is 0 Å². The van der Waals surface area contributed by atoms with E-state index in [1.54, 1.807) is 0 Å². The van der Waals surface area contributed by atoms with E-state index in [2.05, 4.69) is 11.1 Å². The quantitative estimate of drug-likeness (QED) is 0.388. The second-order valence-electron chi connectivity index (χ2n) is 2.38. The predicted molar refractivity (Wildman–Crippen MR) is 45.2 cm³/mol. The fourth-order valence-corrected chi connectivity index (χ4v) is 0.847. The van der Waals surface area contributed by atoms with Gasteiger partial charge in [0.1, 0.15) is 0 Å². The summed E-state index contributed by atoms with van der Waals surface area (Å²) in [7, 11) is 0. The smallest absolute Gasteiger partial charge is 0.335 e. The van der Waals surface area contributed by atoms with Crippen molar-refractivity contribution in [2.75, 3.05) is 13.1 Å². The van der Waals surface area contributed by atoms with Crippen LogP contribution in [0.2, 0.25) is 0 Å². The van der Waals surface area contributed by atoms with Crippen LogP contribution in [0.15, 0.2) is 5.29 Å². The summed E-state index contributed by atoms with van der Waals surface area (Å²) in [5.41, 5.74) is 5.78. The van der Waals surface area contributed by atoms with Crippen molar-refractivity contribution in [3.05, 3.63) is 4.91 Å². The summed E-state index contributed by atoms with van der Waals surface area (Å²) < 4.78 is 0. The predicted octanol–water partition coefficient (Wildman–Crippen LogP) is 0.0960. The normalized spacial score (nSPS) is 15.3. The monoisotopic (exact) mass is 174 g/mol. The second-order valence-corrected chi connectivity index (χ2v) is 2.38. The van der Waals surface area contributed by atoms with Crippen LogP contribution < -0.4 is 16.5 Å². The lowest BCUT2D eigenvalue weighted by Gasteiger charge is -2.08. The highest BCUT2D eigenvalue weighted by Gasteiger charge is 1.93. The number of primary amides is 1. The molecule has 2 amide bonds. The molecular weight excluding hydrogens is 160 g/mol. The van der Waals surface area contributed by atoms with Gasteiger partial charge >= 0.3 is 6.03 Å². The van der Waals surface area contributed by atoms with Gasteiger partial charge in [-0.05, 0) is 25.9 Å². The van der Waals surface area contributed by atoms with Crippen molar-refractivity contribution >= 4 is 6.03 Å². The minimum Gasteiger partial charge on any atom is -0.350 e. The third-order valence-corrected chi connectivity index (χ3v) is 1.36. The Kier molecular flexibility index (Phi) is 7.16. The summed E-state index contributed by atoms with van der Waals surface area (Å²) in [6.07, 6.45) is 4.22. The van der Waals surface area contributed by atoms with E-state index in [9.17, 15) is 4.79 Å². The first-order valence-corrected chi connectivity index (χ1v) is 3.86. The van der Waals surface area contributed by atoms with Crippen LogP contribution in [-0.4, -0.2) is 19.1 Å². The molecule has 12 heavy (non-hydrogen) atoms. The van der Waals surface area contributed by atoms with Gasteiger partial charge in [-0.25, -0.2) is 4.79 Å². The maximum atomic E-state index is 9.42. The zero-order chi connectivity index (χ0) is 9.23. The van der Waals surface area contributed by atoms with Crippen LogP contribution in [0.25, 0.3) is 0 Å². The maximum Gasteiger partial charge on any atom is 0.335 e. The molecule has 0 saturated carbocycles. The average molecular weight is 174 g/mol. The van der Waals surface area contributed by atoms with Gasteiger partial charge in [0, 0.05) is 0 Å². The molecule has 0 aromatic heterocycles. The van der Waals surface area contributed by atoms with Gasteiger partial charge in [-0.3, -0.25) is 0 Å². The maximum absolute atomic E-state index is 9.42. The van der Waals surface area contributed by atoms with E-state index in [0.717, 1.165) is 0 Å². The average Bonchev–Trinajstić information content (AvgIpc) is 2.08. The van der Waals surface area contributed by atoms with Crippen LogP contribution in [0.4, 0.5) is 4.79 Å². The number of piperidine rings is 1. The van der Waals surface area contributed by atoms with Crippen LogP contribution in [0.1, 0.15) is 19.3 Å². The van der Waals surface area contributed by atoms with E-state index in [1.807, 2.05) is 5.29 Å². The summed E-state index contributed by atoms with van der Waals surface area (Å²) in [5, 5.41) is 5.25. The van der Waals surface area contributed by atoms with E-state index >= 15 is 0 Å². The molecule has 0 spiro atoms. The lowest BCUT2D eigenvalue weighted by molar-refractivity contribution is 0.249. The molecule has 1 rings (SSSR count). The lowest BCUT2D eigenvalue weighted by Crippen LogP contribution is -2.23. The molecule has 6 nitrogen and oxygen atoms in total. The number of carbonyl (C=O) groups is 1. The molecule has 0 atom stereocenters. The number of hydrogen-bond acceptors (Lipinski definition) is 4. The zero-order valence-corrected chi connectivity index (χ0v) is 6.88. The standard InChI is InChI=1S/C5H11N.CH3N3O2/c1-2-4-6-5-3-1;2-1(5)3-4-6/h6H,1-5H2;(H3,2,3,5,6). The number of rotatable bonds is 1. The van der Waals surface area contributed by atoms with Crippen molar-refractivity contribution < 1.29 is 4.79 Å². The van der Waals surface area contributed by atoms with Crippen LogP contribution >= 0.6 is 0 Å². The number of nitroso groups, excluding NO2 is 1. The molecule has 0 radical (unpaired) electrons. The number of urea groups is 1. The minimum absolute atomic E-state index is 0.940. The van der Waals surface area contributed by atoms with Gasteiger partial charge in [-0.2, -0.15) is 5.43 Å². The Morgan fingerprint density at radius 2 is 1.92 bits per heavy atom. The van der Waals surface area contributed by atoms with Gasteiger partial charge in [0.25, 0.3) is 0 Å². The Morgan fingerprint density at radius 1 is 1.33 bits per heavy atom. The molecule has 1 saturated heterocycles. The van der Waals surface area contributed by atoms with Gasteiger partial charge in [0.05, 0.1) is 5.29 Å². The summed E-state index contributed by atoms with van der Waals surface area (Å²) in [4.78, 5) is 18.4. The molecule has 1 fully saturated rings. The topological polar surface area (TPSA) is 96.6 Å². The summed E-state index contributed by atoms with van der Waals surface area (Å²) in [6, 6.07) is -0.940. The number of amides is 2. The molecule has 4 N–H and O–H groups in total. The first-order valence-electron chi connectivity index (χ1n) is 3.86. The summed E-state index contributed by atoms with van der Waals surface area (Å²) >= 11 is 0. The molecule has 0 unspecified atom stereocenters. The second kappa shape index (κ2) is 7.93. The molecule has 0 aromatic rings. The Morgan fingerprint density at radius 3 is 2.00 bits per heavy atom. The Bertz CT molecular complexity index is 124. The third-order valence-electron chi connectivity index (χ3n) is 1.36. The van der Waals surface area contributed by atoms with Gasteiger partial charge in [0.2, 0.25) is 0 Å². The largest absolute Gasteiger partial charge is 0.350 e. The first kappa shape index (κ1) is 10.8. The van der Waals surface area contributed by atoms with Crippen molar-refractivity contribution in [1.82, 2.24) is 10.7 Å². The van der Waals surface area contributed by atoms with Crippen LogP contribution in [0.5, 0.6) is 0 Å². The fourth-order valence-electron chi connectivity index (χ4n) is 0.847. The van der Waals surface area contributed by atoms with E-state index in [-0.39, 0.29) is 0 Å². The van der Waals surface area contributed by atoms with Crippen LogP contribution in [0, 0.1) is 4.91 Å². The van der Waals surface area contributed by atoms with Gasteiger partial charge in [-0.15, -0.1) is 4.91 Å². The highest BCUT2D eigenvalue weighted by atomic mass is 16.3. The summed E-state index contributed by atoms with van der Waals surface area (Å²) in [5.74, 6) is 0. The molecule has 6 heteroatoms. The highest BCUT2D eigenvalue weighted by Crippen LogP contribution is 1.96. The Labute approximate surface area is 70.8 Å². The zero-order valence-electron chi connectivity index (χ0n) is 6.88. The van der Waals surface area contributed by atoms with Crippen molar-refractivity contribution in [3.8, 4) is 0 Å². The molecule has 0 aromatic carbocycles. The third kappa shape index (κ3) is 8.83. The van der Waals surface area contributed by atoms with Gasteiger partial charge in [-0.1, -0.05) is 6.42 Å². The molecule has 0 bridgehead atoms. The number of nitrogens with one attached hydrogen (secondary N) is 2. The van der Waals surface area contributed by atoms with Crippen molar-refractivity contribution in [1.29, 1.82) is 0 Å². The van der Waals surface area contributed by atoms with Crippen molar-refractivity contribution in [3.63, 3.8) is 0 Å². The van der Waals surface area contributed by atoms with Crippen LogP contribution in [-0.2, 0) is 0 Å². The SMILES string of the molecule is C1CCNCC1.NC(=O)NN=O. The number of nitrogens with zero attached hydrogens (tertiary/aromatic N) is 1. The fraction of sp³-hybridized carbons (Fsp3) is 0.833. The van der Waals surface area contributed by atoms with E-state index in [0.29, 0.717) is 0 Å². The molecule has 70 valence electrons. The minimum atomic E-state index is -0.940. The first-order chi connectivity index (χ1) is 5.77. The highest BCUT2D eigenvalue weighted by molar-refractivity contribution is 5.70. The molecule has 1 heterocycles. The number of carbonyl (C=O) groups excluding carboxylic acids is 1. The number of nitrogens with two attached hydrogens (primary N) is 1. The Balaban J connectivity index is 0.000000202. The molecule has 0 aliphatic carbocycles. The molecule has 1 aliphatic heterocycles. The number of hydrogen-bond donors (Lipinski definition) is 3. The van der Waals surface area contributed by atoms with Gasteiger partial charge < -0.3 is 11.1 Å². The van der Waals surface area contributed by atoms with Crippen molar-refractivity contribution in [2.45, 2.75) is 19.3 Å². The Hall–Kier alpha value is -1.17. The molecular formula is C6H14N4O2. The van der Waals surface area contributed by atoms with E-state index < -0.39 is 6.03 Å². The van der Waals surface area contributed by atoms with Crippen molar-refractivity contribution in [2.24, 2.45) is 11.0 Å². The summed E-state index contributed by atoms with van der Waals surface area (Å²) in [6.45, 7) is 2.50. The lowest BCUT2D eigenvalue weighted by atomic mass is 10.2. The van der Waals surface area contributed by atoms with E-state index in [4.69, 9.17) is 4.91 Å². The molecule has 1 aliphatic rings. The van der Waals surface area contributed by atoms with Crippen LogP contribution in [0.3, 0.4) is 0 Å². The van der Waals surface area contributed by atoms with E-state index in [1.165, 1.54) is 37.8 Å².